The van der Waals surface area contributed by atoms with Gasteiger partial charge in [0, 0.05) is 12.6 Å². The normalized spacial score (nSPS) is 24.3. The van der Waals surface area contributed by atoms with Crippen molar-refractivity contribution in [2.45, 2.75) is 31.7 Å². The maximum atomic E-state index is 11.5. The minimum atomic E-state index is -3.24. The van der Waals surface area contributed by atoms with Crippen LogP contribution in [0, 0.1) is 5.92 Å². The van der Waals surface area contributed by atoms with Crippen molar-refractivity contribution in [2.75, 3.05) is 19.6 Å². The first-order valence-electron chi connectivity index (χ1n) is 5.63. The minimum absolute atomic E-state index is 0.190. The van der Waals surface area contributed by atoms with Crippen LogP contribution in [0.4, 0.5) is 0 Å². The Balaban J connectivity index is 1.70. The topological polar surface area (TPSA) is 70.2 Å². The van der Waals surface area contributed by atoms with E-state index in [1.54, 1.807) is 0 Å². The van der Waals surface area contributed by atoms with Crippen molar-refractivity contribution in [3.8, 4) is 0 Å². The van der Waals surface area contributed by atoms with Gasteiger partial charge in [-0.15, -0.1) is 0 Å². The fourth-order valence-electron chi connectivity index (χ4n) is 1.78. The molecule has 6 heteroatoms. The molecule has 2 fully saturated rings. The van der Waals surface area contributed by atoms with E-state index >= 15 is 0 Å². The van der Waals surface area contributed by atoms with Crippen molar-refractivity contribution in [1.82, 2.24) is 14.8 Å². The maximum absolute atomic E-state index is 11.5. The summed E-state index contributed by atoms with van der Waals surface area (Å²) in [6.45, 7) is 2.58. The summed E-state index contributed by atoms with van der Waals surface area (Å²) in [5.74, 6) is 0.488. The highest BCUT2D eigenvalue weighted by Crippen LogP contribution is 2.19. The molecule has 1 aliphatic heterocycles. The predicted octanol–water partition coefficient (Wildman–Crippen LogP) is -0.428. The van der Waals surface area contributed by atoms with Crippen LogP contribution in [0.1, 0.15) is 25.7 Å². The summed E-state index contributed by atoms with van der Waals surface area (Å²) in [7, 11) is -3.24. The van der Waals surface area contributed by atoms with Crippen LogP contribution in [-0.2, 0) is 10.2 Å². The molecule has 88 valence electrons. The van der Waals surface area contributed by atoms with Gasteiger partial charge in [0.2, 0.25) is 0 Å². The fraction of sp³-hybridized carbons (Fsp3) is 1.00. The first-order chi connectivity index (χ1) is 7.16. The Labute approximate surface area is 91.2 Å². The van der Waals surface area contributed by atoms with Gasteiger partial charge >= 0.3 is 0 Å². The molecule has 0 amide bonds. The number of nitrogens with one attached hydrogen (secondary N) is 3. The fourth-order valence-corrected chi connectivity index (χ4v) is 2.99. The van der Waals surface area contributed by atoms with Gasteiger partial charge in [0.05, 0.1) is 0 Å². The van der Waals surface area contributed by atoms with Gasteiger partial charge in [0.15, 0.2) is 0 Å². The lowest BCUT2D eigenvalue weighted by Gasteiger charge is -2.22. The van der Waals surface area contributed by atoms with Crippen LogP contribution in [0.15, 0.2) is 0 Å². The molecule has 1 heterocycles. The molecular weight excluding hydrogens is 214 g/mol. The molecule has 0 aromatic rings. The molecule has 0 spiro atoms. The van der Waals surface area contributed by atoms with E-state index in [0.717, 1.165) is 38.8 Å². The lowest BCUT2D eigenvalue weighted by Crippen LogP contribution is -2.42. The first kappa shape index (κ1) is 11.3. The largest absolute Gasteiger partial charge is 0.317 e. The SMILES string of the molecule is O=S(=O)(NCC1CCNCC1)NC1CC1. The van der Waals surface area contributed by atoms with E-state index in [2.05, 4.69) is 14.8 Å². The van der Waals surface area contributed by atoms with Crippen molar-refractivity contribution in [3.05, 3.63) is 0 Å². The molecule has 0 radical (unpaired) electrons. The van der Waals surface area contributed by atoms with Crippen LogP contribution in [0.3, 0.4) is 0 Å². The van der Waals surface area contributed by atoms with Crippen LogP contribution >= 0.6 is 0 Å². The van der Waals surface area contributed by atoms with Crippen LogP contribution < -0.4 is 14.8 Å². The molecule has 0 aromatic heterocycles. The highest BCUT2D eigenvalue weighted by Gasteiger charge is 2.27. The number of piperidine rings is 1. The summed E-state index contributed by atoms with van der Waals surface area (Å²) in [4.78, 5) is 0. The third-order valence-corrected chi connectivity index (χ3v) is 4.11. The highest BCUT2D eigenvalue weighted by molar-refractivity contribution is 7.87. The molecule has 1 saturated heterocycles. The molecule has 0 unspecified atom stereocenters. The molecule has 15 heavy (non-hydrogen) atoms. The van der Waals surface area contributed by atoms with E-state index in [0.29, 0.717) is 12.5 Å². The van der Waals surface area contributed by atoms with Gasteiger partial charge < -0.3 is 5.32 Å². The van der Waals surface area contributed by atoms with Crippen LogP contribution in [0.2, 0.25) is 0 Å². The molecule has 0 atom stereocenters. The van der Waals surface area contributed by atoms with Gasteiger partial charge in [0.1, 0.15) is 0 Å². The van der Waals surface area contributed by atoms with Crippen molar-refractivity contribution in [3.63, 3.8) is 0 Å². The van der Waals surface area contributed by atoms with Crippen molar-refractivity contribution in [2.24, 2.45) is 5.92 Å². The average Bonchev–Trinajstić information content (AvgIpc) is 3.00. The molecule has 0 aromatic carbocycles. The third kappa shape index (κ3) is 4.06. The molecule has 5 nitrogen and oxygen atoms in total. The smallest absolute Gasteiger partial charge is 0.277 e. The lowest BCUT2D eigenvalue weighted by molar-refractivity contribution is 0.372. The molecule has 1 aliphatic carbocycles. The predicted molar refractivity (Wildman–Crippen MR) is 58.7 cm³/mol. The summed E-state index contributed by atoms with van der Waals surface area (Å²) in [5.41, 5.74) is 0. The number of hydrogen-bond acceptors (Lipinski definition) is 3. The van der Waals surface area contributed by atoms with Gasteiger partial charge in [-0.05, 0) is 44.7 Å². The van der Waals surface area contributed by atoms with Gasteiger partial charge in [-0.25, -0.2) is 4.72 Å². The van der Waals surface area contributed by atoms with E-state index in [-0.39, 0.29) is 6.04 Å². The van der Waals surface area contributed by atoms with E-state index < -0.39 is 10.2 Å². The summed E-state index contributed by atoms with van der Waals surface area (Å²) in [5, 5.41) is 3.26. The van der Waals surface area contributed by atoms with Gasteiger partial charge in [-0.1, -0.05) is 0 Å². The number of rotatable bonds is 5. The molecule has 1 saturated carbocycles. The van der Waals surface area contributed by atoms with E-state index in [4.69, 9.17) is 0 Å². The highest BCUT2D eigenvalue weighted by atomic mass is 32.2. The van der Waals surface area contributed by atoms with Crippen molar-refractivity contribution >= 4 is 10.2 Å². The second-order valence-electron chi connectivity index (χ2n) is 4.44. The van der Waals surface area contributed by atoms with Crippen molar-refractivity contribution < 1.29 is 8.42 Å². The average molecular weight is 233 g/mol. The molecule has 2 aliphatic rings. The van der Waals surface area contributed by atoms with Gasteiger partial charge in [0.25, 0.3) is 10.2 Å². The van der Waals surface area contributed by atoms with Crippen molar-refractivity contribution in [1.29, 1.82) is 0 Å². The Morgan fingerprint density at radius 2 is 1.80 bits per heavy atom. The summed E-state index contributed by atoms with van der Waals surface area (Å²) in [6, 6.07) is 0.190. The summed E-state index contributed by atoms with van der Waals surface area (Å²) in [6.07, 6.45) is 4.08. The molecule has 0 bridgehead atoms. The zero-order valence-electron chi connectivity index (χ0n) is 8.83. The van der Waals surface area contributed by atoms with Crippen LogP contribution in [0.25, 0.3) is 0 Å². The first-order valence-corrected chi connectivity index (χ1v) is 7.12. The molecule has 2 rings (SSSR count). The zero-order valence-corrected chi connectivity index (χ0v) is 9.65. The van der Waals surface area contributed by atoms with E-state index in [1.165, 1.54) is 0 Å². The monoisotopic (exact) mass is 233 g/mol. The Morgan fingerprint density at radius 3 is 2.40 bits per heavy atom. The second kappa shape index (κ2) is 4.78. The maximum Gasteiger partial charge on any atom is 0.277 e. The second-order valence-corrected chi connectivity index (χ2v) is 5.97. The Hall–Kier alpha value is -0.170. The quantitative estimate of drug-likeness (QED) is 0.603. The van der Waals surface area contributed by atoms with Crippen LogP contribution in [0.5, 0.6) is 0 Å². The van der Waals surface area contributed by atoms with Gasteiger partial charge in [-0.2, -0.15) is 13.1 Å². The van der Waals surface area contributed by atoms with E-state index in [9.17, 15) is 8.42 Å². The molecular formula is C9H19N3O2S. The van der Waals surface area contributed by atoms with E-state index in [1.807, 2.05) is 0 Å². The summed E-state index contributed by atoms with van der Waals surface area (Å²) >= 11 is 0. The Bertz CT molecular complexity index is 294. The minimum Gasteiger partial charge on any atom is -0.317 e. The standard InChI is InChI=1S/C9H19N3O2S/c13-15(14,12-9-1-2-9)11-7-8-3-5-10-6-4-8/h8-12H,1-7H2. The number of hydrogen-bond donors (Lipinski definition) is 3. The summed E-state index contributed by atoms with van der Waals surface area (Å²) < 4.78 is 28.2. The Morgan fingerprint density at radius 1 is 1.13 bits per heavy atom. The van der Waals surface area contributed by atoms with Gasteiger partial charge in [-0.3, -0.25) is 0 Å². The lowest BCUT2D eigenvalue weighted by atomic mass is 9.99. The third-order valence-electron chi connectivity index (χ3n) is 2.92. The molecule has 3 N–H and O–H groups in total. The Kier molecular flexibility index (Phi) is 3.60. The zero-order chi connectivity index (χ0) is 10.7. The van der Waals surface area contributed by atoms with Crippen LogP contribution in [-0.4, -0.2) is 34.1 Å².